The van der Waals surface area contributed by atoms with Crippen LogP contribution in [0.2, 0.25) is 5.02 Å². The van der Waals surface area contributed by atoms with Gasteiger partial charge in [-0.15, -0.1) is 0 Å². The molecule has 2 aromatic rings. The molecule has 4 heteroatoms. The van der Waals surface area contributed by atoms with Crippen molar-refractivity contribution in [1.82, 2.24) is 0 Å². The fraction of sp³-hybridized carbons (Fsp3) is 0.0769. The molecule has 86 valence electrons. The van der Waals surface area contributed by atoms with Crippen LogP contribution in [0.5, 0.6) is 0 Å². The summed E-state index contributed by atoms with van der Waals surface area (Å²) in [5.41, 5.74) is 0.730. The molecule has 0 saturated heterocycles. The number of pyridine rings is 1. The molecule has 0 bridgehead atoms. The molecule has 1 heterocycles. The summed E-state index contributed by atoms with van der Waals surface area (Å²) in [5.74, 6) is 0.0914. The fourth-order valence-electron chi connectivity index (χ4n) is 1.44. The second-order valence-electron chi connectivity index (χ2n) is 3.62. The van der Waals surface area contributed by atoms with Crippen LogP contribution in [-0.4, -0.2) is 5.78 Å². The lowest BCUT2D eigenvalue weighted by Crippen LogP contribution is -2.36. The molecule has 0 atom stereocenters. The lowest BCUT2D eigenvalue weighted by molar-refractivity contribution is -0.683. The number of carbonyl (C=O) groups excluding carboxylic acids is 1. The van der Waals surface area contributed by atoms with E-state index in [2.05, 4.69) is 22.6 Å². The van der Waals surface area contributed by atoms with Gasteiger partial charge < -0.3 is 0 Å². The smallest absolute Gasteiger partial charge is 0.227 e. The fourth-order valence-corrected chi connectivity index (χ4v) is 1.91. The van der Waals surface area contributed by atoms with Crippen LogP contribution in [0.1, 0.15) is 10.4 Å². The van der Waals surface area contributed by atoms with E-state index < -0.39 is 0 Å². The summed E-state index contributed by atoms with van der Waals surface area (Å²) < 4.78 is 2.94. The predicted molar refractivity (Wildman–Crippen MR) is 75.1 cm³/mol. The first-order valence-corrected chi connectivity index (χ1v) is 6.54. The van der Waals surface area contributed by atoms with Gasteiger partial charge in [0.15, 0.2) is 12.4 Å². The highest BCUT2D eigenvalue weighted by Gasteiger charge is 2.11. The summed E-state index contributed by atoms with van der Waals surface area (Å²) in [7, 11) is 0. The van der Waals surface area contributed by atoms with Crippen LogP contribution in [-0.2, 0) is 6.54 Å². The van der Waals surface area contributed by atoms with Gasteiger partial charge in [-0.25, -0.2) is 0 Å². The van der Waals surface area contributed by atoms with E-state index in [0.717, 1.165) is 9.13 Å². The van der Waals surface area contributed by atoms with Crippen molar-refractivity contribution >= 4 is 40.0 Å². The zero-order valence-corrected chi connectivity index (χ0v) is 11.9. The summed E-state index contributed by atoms with van der Waals surface area (Å²) in [4.78, 5) is 12.0. The SMILES string of the molecule is O=C(C[n+]1ccc(Cl)cc1)c1ccc(I)cc1. The molecule has 17 heavy (non-hydrogen) atoms. The van der Waals surface area contributed by atoms with Crippen molar-refractivity contribution in [1.29, 1.82) is 0 Å². The van der Waals surface area contributed by atoms with E-state index in [1.807, 2.05) is 28.8 Å². The van der Waals surface area contributed by atoms with Gasteiger partial charge in [-0.1, -0.05) is 23.7 Å². The molecule has 0 N–H and O–H groups in total. The average molecular weight is 359 g/mol. The molecule has 1 aromatic carbocycles. The summed E-state index contributed by atoms with van der Waals surface area (Å²) >= 11 is 8.00. The predicted octanol–water partition coefficient (Wildman–Crippen LogP) is 3.12. The number of nitrogens with zero attached hydrogens (tertiary/aromatic N) is 1. The molecule has 0 fully saturated rings. The molecule has 2 nitrogen and oxygen atoms in total. The maximum Gasteiger partial charge on any atom is 0.227 e. The van der Waals surface area contributed by atoms with Crippen LogP contribution in [0.4, 0.5) is 0 Å². The number of rotatable bonds is 3. The van der Waals surface area contributed by atoms with Gasteiger partial charge in [-0.2, -0.15) is 4.57 Å². The Morgan fingerprint density at radius 2 is 1.71 bits per heavy atom. The van der Waals surface area contributed by atoms with E-state index in [9.17, 15) is 4.79 Å². The number of hydrogen-bond acceptors (Lipinski definition) is 1. The number of carbonyl (C=O) groups is 1. The molecule has 0 spiro atoms. The van der Waals surface area contributed by atoms with Crippen molar-refractivity contribution in [2.75, 3.05) is 0 Å². The molecule has 0 radical (unpaired) electrons. The monoisotopic (exact) mass is 358 g/mol. The van der Waals surface area contributed by atoms with E-state index in [0.29, 0.717) is 11.6 Å². The molecule has 0 aliphatic rings. The van der Waals surface area contributed by atoms with Crippen molar-refractivity contribution < 1.29 is 9.36 Å². The van der Waals surface area contributed by atoms with Crippen molar-refractivity contribution in [3.63, 3.8) is 0 Å². The van der Waals surface area contributed by atoms with Crippen LogP contribution in [0, 0.1) is 3.57 Å². The topological polar surface area (TPSA) is 20.9 Å². The highest BCUT2D eigenvalue weighted by atomic mass is 127. The van der Waals surface area contributed by atoms with Gasteiger partial charge in [-0.3, -0.25) is 4.79 Å². The van der Waals surface area contributed by atoms with Crippen LogP contribution in [0.3, 0.4) is 0 Å². The van der Waals surface area contributed by atoms with Gasteiger partial charge in [0.1, 0.15) is 0 Å². The highest BCUT2D eigenvalue weighted by Crippen LogP contribution is 2.07. The number of Topliss-reactive ketones (excluding diaryl/α,β-unsaturated/α-hetero) is 1. The molecule has 1 aromatic heterocycles. The summed E-state index contributed by atoms with van der Waals surface area (Å²) in [5, 5.41) is 0.669. The Labute approximate surface area is 118 Å². The van der Waals surface area contributed by atoms with Crippen LogP contribution >= 0.6 is 34.2 Å². The van der Waals surface area contributed by atoms with Crippen molar-refractivity contribution in [2.45, 2.75) is 6.54 Å². The highest BCUT2D eigenvalue weighted by molar-refractivity contribution is 14.1. The summed E-state index contributed by atoms with van der Waals surface area (Å²) in [6, 6.07) is 11.1. The lowest BCUT2D eigenvalue weighted by Gasteiger charge is -1.98. The normalized spacial score (nSPS) is 10.2. The Morgan fingerprint density at radius 3 is 2.29 bits per heavy atom. The Kier molecular flexibility index (Phi) is 4.12. The minimum atomic E-state index is 0.0914. The number of halogens is 2. The molecule has 0 unspecified atom stereocenters. The van der Waals surface area contributed by atoms with Crippen molar-refractivity contribution in [3.8, 4) is 0 Å². The van der Waals surface area contributed by atoms with Crippen LogP contribution in [0.25, 0.3) is 0 Å². The minimum Gasteiger partial charge on any atom is -0.287 e. The molecule has 0 aliphatic carbocycles. The largest absolute Gasteiger partial charge is 0.287 e. The van der Waals surface area contributed by atoms with Gasteiger partial charge in [0.25, 0.3) is 0 Å². The molecular formula is C13H10ClINO+. The molecule has 0 saturated carbocycles. The number of aromatic nitrogens is 1. The number of hydrogen-bond donors (Lipinski definition) is 0. The zero-order valence-electron chi connectivity index (χ0n) is 8.94. The first-order valence-electron chi connectivity index (χ1n) is 5.08. The minimum absolute atomic E-state index is 0.0914. The van der Waals surface area contributed by atoms with Gasteiger partial charge >= 0.3 is 0 Å². The average Bonchev–Trinajstić information content (AvgIpc) is 2.33. The third-order valence-electron chi connectivity index (χ3n) is 2.34. The lowest BCUT2D eigenvalue weighted by atomic mass is 10.1. The zero-order chi connectivity index (χ0) is 12.3. The maximum atomic E-state index is 12.0. The second-order valence-corrected chi connectivity index (χ2v) is 5.30. The van der Waals surface area contributed by atoms with Gasteiger partial charge in [0, 0.05) is 21.3 Å². The Balaban J connectivity index is 2.11. The van der Waals surface area contributed by atoms with E-state index in [1.54, 1.807) is 24.5 Å². The van der Waals surface area contributed by atoms with Crippen molar-refractivity contribution in [2.24, 2.45) is 0 Å². The molecular weight excluding hydrogens is 349 g/mol. The Morgan fingerprint density at radius 1 is 1.12 bits per heavy atom. The Hall–Kier alpha value is -0.940. The van der Waals surface area contributed by atoms with E-state index >= 15 is 0 Å². The number of benzene rings is 1. The van der Waals surface area contributed by atoms with E-state index in [-0.39, 0.29) is 5.78 Å². The maximum absolute atomic E-state index is 12.0. The van der Waals surface area contributed by atoms with E-state index in [4.69, 9.17) is 11.6 Å². The van der Waals surface area contributed by atoms with Gasteiger partial charge in [0.05, 0.1) is 5.02 Å². The summed E-state index contributed by atoms with van der Waals surface area (Å²) in [6.07, 6.45) is 3.60. The molecule has 0 aliphatic heterocycles. The van der Waals surface area contributed by atoms with Gasteiger partial charge in [0.2, 0.25) is 12.3 Å². The quantitative estimate of drug-likeness (QED) is 0.469. The second kappa shape index (κ2) is 5.60. The Bertz CT molecular complexity index is 522. The van der Waals surface area contributed by atoms with Gasteiger partial charge in [-0.05, 0) is 34.7 Å². The third-order valence-corrected chi connectivity index (χ3v) is 3.31. The number of ketones is 1. The summed E-state index contributed by atoms with van der Waals surface area (Å²) in [6.45, 7) is 0.331. The molecule has 0 amide bonds. The third kappa shape index (κ3) is 3.51. The molecule has 2 rings (SSSR count). The van der Waals surface area contributed by atoms with Crippen LogP contribution in [0.15, 0.2) is 48.8 Å². The van der Waals surface area contributed by atoms with Crippen molar-refractivity contribution in [3.05, 3.63) is 62.9 Å². The van der Waals surface area contributed by atoms with E-state index in [1.165, 1.54) is 0 Å². The first kappa shape index (κ1) is 12.5. The van der Waals surface area contributed by atoms with Crippen LogP contribution < -0.4 is 4.57 Å². The first-order chi connectivity index (χ1) is 8.15. The standard InChI is InChI=1S/C13H10ClINO/c14-11-5-7-16(8-6-11)9-13(17)10-1-3-12(15)4-2-10/h1-8H,9H2/q+1.